The van der Waals surface area contributed by atoms with Crippen LogP contribution in [0.3, 0.4) is 0 Å². The Kier molecular flexibility index (Phi) is 7.94. The molecule has 0 fully saturated rings. The zero-order valence-electron chi connectivity index (χ0n) is 14.7. The molecule has 0 aliphatic heterocycles. The van der Waals surface area contributed by atoms with Crippen LogP contribution in [-0.4, -0.2) is 29.5 Å². The van der Waals surface area contributed by atoms with Gasteiger partial charge in [-0.3, -0.25) is 10.2 Å². The topological polar surface area (TPSA) is 63.6 Å². The van der Waals surface area contributed by atoms with Gasteiger partial charge in [-0.2, -0.15) is 5.10 Å². The Morgan fingerprint density at radius 2 is 2.32 bits per heavy atom. The first-order chi connectivity index (χ1) is 12.1. The first-order valence-electron chi connectivity index (χ1n) is 8.18. The highest BCUT2D eigenvalue weighted by atomic mass is 32.2. The minimum Gasteiger partial charge on any atom is -0.466 e. The van der Waals surface area contributed by atoms with Crippen LogP contribution in [0, 0.1) is 5.92 Å². The molecule has 2 rings (SSSR count). The van der Waals surface area contributed by atoms with Gasteiger partial charge in [0.05, 0.1) is 24.9 Å². The van der Waals surface area contributed by atoms with Gasteiger partial charge in [0.1, 0.15) is 0 Å². The Morgan fingerprint density at radius 3 is 3.08 bits per heavy atom. The predicted molar refractivity (Wildman–Crippen MR) is 106 cm³/mol. The highest BCUT2D eigenvalue weighted by molar-refractivity contribution is 7.99. The summed E-state index contributed by atoms with van der Waals surface area (Å²) in [6, 6.07) is 8.27. The van der Waals surface area contributed by atoms with Crippen LogP contribution >= 0.6 is 23.1 Å². The number of carbonyl (C=O) groups excluding carboxylic acids is 1. The summed E-state index contributed by atoms with van der Waals surface area (Å²) in [5, 5.41) is 6.71. The molecule has 1 heterocycles. The largest absolute Gasteiger partial charge is 0.466 e. The van der Waals surface area contributed by atoms with Crippen LogP contribution in [-0.2, 0) is 16.0 Å². The fourth-order valence-corrected chi connectivity index (χ4v) is 3.49. The number of anilines is 1. The van der Waals surface area contributed by atoms with Crippen LogP contribution in [0.4, 0.5) is 5.13 Å². The van der Waals surface area contributed by atoms with E-state index in [0.29, 0.717) is 23.4 Å². The maximum atomic E-state index is 11.4. The van der Waals surface area contributed by atoms with Crippen molar-refractivity contribution in [2.45, 2.75) is 32.1 Å². The van der Waals surface area contributed by atoms with Crippen LogP contribution in [0.5, 0.6) is 0 Å². The number of thioether (sulfide) groups is 1. The van der Waals surface area contributed by atoms with Crippen molar-refractivity contribution in [2.24, 2.45) is 11.0 Å². The van der Waals surface area contributed by atoms with E-state index in [1.54, 1.807) is 13.1 Å². The van der Waals surface area contributed by atoms with Crippen LogP contribution in [0.25, 0.3) is 0 Å². The van der Waals surface area contributed by atoms with Crippen molar-refractivity contribution < 1.29 is 9.53 Å². The smallest absolute Gasteiger partial charge is 0.311 e. The molecule has 7 heteroatoms. The molecule has 1 aromatic heterocycles. The Hall–Kier alpha value is -1.86. The van der Waals surface area contributed by atoms with E-state index in [9.17, 15) is 4.79 Å². The Labute approximate surface area is 156 Å². The third-order valence-electron chi connectivity index (χ3n) is 3.00. The Morgan fingerprint density at radius 1 is 1.48 bits per heavy atom. The molecule has 0 saturated heterocycles. The molecule has 2 aromatic rings. The van der Waals surface area contributed by atoms with Crippen molar-refractivity contribution in [1.82, 2.24) is 4.98 Å². The number of rotatable bonds is 9. The van der Waals surface area contributed by atoms with E-state index < -0.39 is 0 Å². The number of hydrazone groups is 1. The molecule has 1 N–H and O–H groups in total. The maximum Gasteiger partial charge on any atom is 0.311 e. The van der Waals surface area contributed by atoms with E-state index in [4.69, 9.17) is 4.74 Å². The highest BCUT2D eigenvalue weighted by Gasteiger charge is 2.07. The standard InChI is InChI=1S/C18H23N3O2S2/c1-4-23-17(22)9-15-12-25-18(20-15)21-19-10-14-6-5-7-16(8-14)24-11-13(2)3/h5-8,10,12-13H,4,9,11H2,1-3H3,(H,20,21). The van der Waals surface area contributed by atoms with E-state index in [-0.39, 0.29) is 12.4 Å². The number of hydrogen-bond donors (Lipinski definition) is 1. The van der Waals surface area contributed by atoms with E-state index in [2.05, 4.69) is 41.5 Å². The molecule has 0 atom stereocenters. The molecule has 134 valence electrons. The number of nitrogens with zero attached hydrogens (tertiary/aromatic N) is 2. The van der Waals surface area contributed by atoms with Crippen molar-refractivity contribution in [3.63, 3.8) is 0 Å². The fraction of sp³-hybridized carbons (Fsp3) is 0.389. The summed E-state index contributed by atoms with van der Waals surface area (Å²) in [6.45, 7) is 6.60. The highest BCUT2D eigenvalue weighted by Crippen LogP contribution is 2.21. The van der Waals surface area contributed by atoms with Gasteiger partial charge >= 0.3 is 5.97 Å². The summed E-state index contributed by atoms with van der Waals surface area (Å²) in [7, 11) is 0. The number of thiazole rings is 1. The summed E-state index contributed by atoms with van der Waals surface area (Å²) in [4.78, 5) is 17.0. The van der Waals surface area contributed by atoms with Gasteiger partial charge in [0, 0.05) is 16.0 Å². The fourth-order valence-electron chi connectivity index (χ4n) is 1.91. The first kappa shape index (κ1) is 19.5. The molecule has 0 aliphatic rings. The number of hydrogen-bond acceptors (Lipinski definition) is 7. The van der Waals surface area contributed by atoms with Gasteiger partial charge in [0.2, 0.25) is 5.13 Å². The van der Waals surface area contributed by atoms with Gasteiger partial charge in [-0.05, 0) is 30.5 Å². The number of carbonyl (C=O) groups is 1. The summed E-state index contributed by atoms with van der Waals surface area (Å²) >= 11 is 3.26. The SMILES string of the molecule is CCOC(=O)Cc1csc(NN=Cc2cccc(SCC(C)C)c2)n1. The zero-order valence-corrected chi connectivity index (χ0v) is 16.3. The summed E-state index contributed by atoms with van der Waals surface area (Å²) in [5.74, 6) is 1.50. The molecular weight excluding hydrogens is 354 g/mol. The molecule has 0 spiro atoms. The van der Waals surface area contributed by atoms with E-state index in [0.717, 1.165) is 11.3 Å². The zero-order chi connectivity index (χ0) is 18.1. The molecule has 0 bridgehead atoms. The van der Waals surface area contributed by atoms with Crippen molar-refractivity contribution in [3.8, 4) is 0 Å². The number of benzene rings is 1. The van der Waals surface area contributed by atoms with Crippen molar-refractivity contribution in [3.05, 3.63) is 40.9 Å². The van der Waals surface area contributed by atoms with Gasteiger partial charge in [-0.1, -0.05) is 26.0 Å². The van der Waals surface area contributed by atoms with Gasteiger partial charge in [-0.15, -0.1) is 23.1 Å². The van der Waals surface area contributed by atoms with Gasteiger partial charge < -0.3 is 4.74 Å². The number of nitrogens with one attached hydrogen (secondary N) is 1. The van der Waals surface area contributed by atoms with Crippen LogP contribution < -0.4 is 5.43 Å². The normalized spacial score (nSPS) is 11.2. The summed E-state index contributed by atoms with van der Waals surface area (Å²) < 4.78 is 4.91. The molecule has 1 aromatic carbocycles. The molecule has 0 amide bonds. The molecule has 0 aliphatic carbocycles. The van der Waals surface area contributed by atoms with Crippen molar-refractivity contribution in [1.29, 1.82) is 0 Å². The lowest BCUT2D eigenvalue weighted by atomic mass is 10.2. The van der Waals surface area contributed by atoms with Crippen LogP contribution in [0.2, 0.25) is 0 Å². The lowest BCUT2D eigenvalue weighted by Gasteiger charge is -2.04. The minimum absolute atomic E-state index is 0.185. The van der Waals surface area contributed by atoms with Gasteiger partial charge in [0.25, 0.3) is 0 Å². The predicted octanol–water partition coefficient (Wildman–Crippen LogP) is 4.44. The molecule has 0 radical (unpaired) electrons. The average Bonchev–Trinajstić information content (AvgIpc) is 3.01. The Balaban J connectivity index is 1.87. The number of aromatic nitrogens is 1. The van der Waals surface area contributed by atoms with Crippen molar-refractivity contribution >= 4 is 40.4 Å². The number of esters is 1. The van der Waals surface area contributed by atoms with E-state index >= 15 is 0 Å². The lowest BCUT2D eigenvalue weighted by Crippen LogP contribution is -2.07. The molecule has 5 nitrogen and oxygen atoms in total. The second-order valence-corrected chi connectivity index (χ2v) is 7.72. The molecular formula is C18H23N3O2S2. The minimum atomic E-state index is -0.265. The van der Waals surface area contributed by atoms with Crippen molar-refractivity contribution in [2.75, 3.05) is 17.8 Å². The van der Waals surface area contributed by atoms with Crippen LogP contribution in [0.15, 0.2) is 39.6 Å². The monoisotopic (exact) mass is 377 g/mol. The third kappa shape index (κ3) is 7.27. The van der Waals surface area contributed by atoms with Gasteiger partial charge in [-0.25, -0.2) is 4.98 Å². The van der Waals surface area contributed by atoms with E-state index in [1.807, 2.05) is 29.3 Å². The quantitative estimate of drug-likeness (QED) is 0.303. The summed E-state index contributed by atoms with van der Waals surface area (Å²) in [5.41, 5.74) is 4.63. The number of ether oxygens (including phenoxy) is 1. The molecule has 0 saturated carbocycles. The molecule has 25 heavy (non-hydrogen) atoms. The van der Waals surface area contributed by atoms with Crippen LogP contribution in [0.1, 0.15) is 32.0 Å². The van der Waals surface area contributed by atoms with Gasteiger partial charge in [0.15, 0.2) is 0 Å². The maximum absolute atomic E-state index is 11.4. The lowest BCUT2D eigenvalue weighted by molar-refractivity contribution is -0.142. The van der Waals surface area contributed by atoms with E-state index in [1.165, 1.54) is 16.2 Å². The third-order valence-corrected chi connectivity index (χ3v) is 5.21. The Bertz CT molecular complexity index is 714. The summed E-state index contributed by atoms with van der Waals surface area (Å²) in [6.07, 6.45) is 1.96. The average molecular weight is 378 g/mol. The second-order valence-electron chi connectivity index (χ2n) is 5.77. The first-order valence-corrected chi connectivity index (χ1v) is 10.0. The molecule has 0 unspecified atom stereocenters. The second kappa shape index (κ2) is 10.2.